The van der Waals surface area contributed by atoms with Gasteiger partial charge in [0.25, 0.3) is 0 Å². The molecule has 10 heteroatoms. The minimum absolute atomic E-state index is 0.0500. The van der Waals surface area contributed by atoms with Crippen molar-refractivity contribution < 1.29 is 32.0 Å². The van der Waals surface area contributed by atoms with Crippen molar-refractivity contribution in [3.05, 3.63) is 41.3 Å². The molecule has 0 spiro atoms. The average molecular weight is 385 g/mol. The molecular formula is C17H18F3N3O4. The number of likely N-dealkylation sites (N-methyl/N-ethyl adjacent to an activating group) is 1. The molecule has 1 aromatic carbocycles. The monoisotopic (exact) mass is 385 g/mol. The Morgan fingerprint density at radius 1 is 1.22 bits per heavy atom. The molecule has 0 atom stereocenters. The Balaban J connectivity index is 1.88. The number of carbonyl (C=O) groups is 2. The van der Waals surface area contributed by atoms with Crippen molar-refractivity contribution in [1.29, 1.82) is 0 Å². The van der Waals surface area contributed by atoms with Crippen molar-refractivity contribution in [3.8, 4) is 5.75 Å². The highest BCUT2D eigenvalue weighted by atomic mass is 19.4. The van der Waals surface area contributed by atoms with Gasteiger partial charge in [0.2, 0.25) is 11.8 Å². The van der Waals surface area contributed by atoms with Gasteiger partial charge in [0.05, 0.1) is 18.7 Å². The van der Waals surface area contributed by atoms with E-state index in [-0.39, 0.29) is 24.6 Å². The second-order valence-electron chi connectivity index (χ2n) is 5.85. The lowest BCUT2D eigenvalue weighted by Crippen LogP contribution is -2.36. The Hall–Kier alpha value is -3.04. The highest BCUT2D eigenvalue weighted by Crippen LogP contribution is 2.24. The summed E-state index contributed by atoms with van der Waals surface area (Å²) in [4.78, 5) is 25.5. The number of benzene rings is 1. The molecule has 0 aliphatic carbocycles. The number of hydrogen-bond donors (Lipinski definition) is 1. The lowest BCUT2D eigenvalue weighted by atomic mass is 10.1. The van der Waals surface area contributed by atoms with E-state index in [1.807, 2.05) is 0 Å². The number of aryl methyl sites for hydroxylation is 2. The number of hydrogen-bond acceptors (Lipinski definition) is 5. The lowest BCUT2D eigenvalue weighted by Gasteiger charge is -2.17. The van der Waals surface area contributed by atoms with E-state index in [0.717, 1.165) is 12.1 Å². The predicted molar refractivity (Wildman–Crippen MR) is 89.1 cm³/mol. The Kier molecular flexibility index (Phi) is 6.09. The van der Waals surface area contributed by atoms with E-state index in [1.54, 1.807) is 13.8 Å². The summed E-state index contributed by atoms with van der Waals surface area (Å²) < 4.78 is 45.1. The van der Waals surface area contributed by atoms with Crippen LogP contribution in [0.5, 0.6) is 5.75 Å². The Morgan fingerprint density at radius 3 is 2.37 bits per heavy atom. The van der Waals surface area contributed by atoms with Gasteiger partial charge in [-0.25, -0.2) is 0 Å². The fourth-order valence-corrected chi connectivity index (χ4v) is 2.28. The maximum atomic E-state index is 12.2. The number of alkyl halides is 3. The first-order chi connectivity index (χ1) is 12.5. The first-order valence-corrected chi connectivity index (χ1v) is 7.86. The number of nitrogens with zero attached hydrogens (tertiary/aromatic N) is 2. The van der Waals surface area contributed by atoms with Gasteiger partial charge in [0.15, 0.2) is 0 Å². The predicted octanol–water partition coefficient (Wildman–Crippen LogP) is 2.83. The molecule has 2 aromatic rings. The number of nitrogens with one attached hydrogen (secondary N) is 1. The van der Waals surface area contributed by atoms with Gasteiger partial charge in [0, 0.05) is 18.3 Å². The number of amides is 2. The molecule has 1 heterocycles. The van der Waals surface area contributed by atoms with E-state index in [9.17, 15) is 22.8 Å². The van der Waals surface area contributed by atoms with E-state index < -0.39 is 18.0 Å². The maximum Gasteiger partial charge on any atom is 0.573 e. The fraction of sp³-hybridized carbons (Fsp3) is 0.353. The van der Waals surface area contributed by atoms with Crippen LogP contribution in [0.1, 0.15) is 17.0 Å². The summed E-state index contributed by atoms with van der Waals surface area (Å²) >= 11 is 0. The molecule has 0 unspecified atom stereocenters. The summed E-state index contributed by atoms with van der Waals surface area (Å²) in [6.07, 6.45) is -4.73. The highest BCUT2D eigenvalue weighted by Gasteiger charge is 2.31. The van der Waals surface area contributed by atoms with E-state index in [2.05, 4.69) is 15.2 Å². The van der Waals surface area contributed by atoms with Crippen molar-refractivity contribution in [2.75, 3.05) is 18.9 Å². The smallest absolute Gasteiger partial charge is 0.406 e. The second-order valence-corrected chi connectivity index (χ2v) is 5.85. The number of halogens is 3. The molecule has 0 aliphatic heterocycles. The van der Waals surface area contributed by atoms with Crippen molar-refractivity contribution in [1.82, 2.24) is 10.1 Å². The molecule has 27 heavy (non-hydrogen) atoms. The molecule has 0 bridgehead atoms. The second kappa shape index (κ2) is 8.11. The molecule has 0 fully saturated rings. The molecule has 0 saturated carbocycles. The standard InChI is InChI=1S/C17H18F3N3O4/c1-10-14(11(2)27-22-10)8-16(25)23(3)9-15(24)21-12-4-6-13(7-5-12)26-17(18,19)20/h4-7H,8-9H2,1-3H3,(H,21,24). The highest BCUT2D eigenvalue weighted by molar-refractivity contribution is 5.94. The van der Waals surface area contributed by atoms with Gasteiger partial charge in [-0.15, -0.1) is 13.2 Å². The van der Waals surface area contributed by atoms with Gasteiger partial charge in [-0.3, -0.25) is 9.59 Å². The van der Waals surface area contributed by atoms with Gasteiger partial charge >= 0.3 is 6.36 Å². The maximum absolute atomic E-state index is 12.2. The molecule has 146 valence electrons. The zero-order valence-electron chi connectivity index (χ0n) is 14.9. The Bertz CT molecular complexity index is 796. The molecular weight excluding hydrogens is 367 g/mol. The third kappa shape index (κ3) is 6.01. The third-order valence-electron chi connectivity index (χ3n) is 3.69. The molecule has 7 nitrogen and oxygen atoms in total. The molecule has 0 aliphatic rings. The topological polar surface area (TPSA) is 84.7 Å². The zero-order valence-corrected chi connectivity index (χ0v) is 14.9. The first kappa shape index (κ1) is 20.3. The Morgan fingerprint density at radius 2 is 1.85 bits per heavy atom. The van der Waals surface area contributed by atoms with E-state index in [0.29, 0.717) is 17.0 Å². The lowest BCUT2D eigenvalue weighted by molar-refractivity contribution is -0.274. The summed E-state index contributed by atoms with van der Waals surface area (Å²) in [6, 6.07) is 4.69. The van der Waals surface area contributed by atoms with Crippen LogP contribution in [0.4, 0.5) is 18.9 Å². The molecule has 0 radical (unpaired) electrons. The van der Waals surface area contributed by atoms with Crippen molar-refractivity contribution >= 4 is 17.5 Å². The van der Waals surface area contributed by atoms with Crippen LogP contribution in [0.15, 0.2) is 28.8 Å². The van der Waals surface area contributed by atoms with E-state index in [4.69, 9.17) is 4.52 Å². The van der Waals surface area contributed by atoms with Crippen LogP contribution >= 0.6 is 0 Å². The summed E-state index contributed by atoms with van der Waals surface area (Å²) in [7, 11) is 1.47. The van der Waals surface area contributed by atoms with Crippen LogP contribution in [0.3, 0.4) is 0 Å². The minimum Gasteiger partial charge on any atom is -0.406 e. The van der Waals surface area contributed by atoms with Gasteiger partial charge < -0.3 is 19.5 Å². The largest absolute Gasteiger partial charge is 0.573 e. The van der Waals surface area contributed by atoms with Crippen molar-refractivity contribution in [3.63, 3.8) is 0 Å². The fourth-order valence-electron chi connectivity index (χ4n) is 2.28. The number of anilines is 1. The third-order valence-corrected chi connectivity index (χ3v) is 3.69. The quantitative estimate of drug-likeness (QED) is 0.827. The van der Waals surface area contributed by atoms with Gasteiger partial charge in [-0.05, 0) is 38.1 Å². The summed E-state index contributed by atoms with van der Waals surface area (Å²) in [5.41, 5.74) is 1.56. The minimum atomic E-state index is -4.78. The van der Waals surface area contributed by atoms with E-state index in [1.165, 1.54) is 24.1 Å². The van der Waals surface area contributed by atoms with Crippen LogP contribution in [-0.2, 0) is 16.0 Å². The summed E-state index contributed by atoms with van der Waals surface area (Å²) in [6.45, 7) is 3.20. The van der Waals surface area contributed by atoms with Crippen LogP contribution in [0.25, 0.3) is 0 Å². The van der Waals surface area contributed by atoms with Crippen molar-refractivity contribution in [2.45, 2.75) is 26.6 Å². The molecule has 1 aromatic heterocycles. The SMILES string of the molecule is Cc1noc(C)c1CC(=O)N(C)CC(=O)Nc1ccc(OC(F)(F)F)cc1. The van der Waals surface area contributed by atoms with Gasteiger partial charge in [-0.1, -0.05) is 5.16 Å². The average Bonchev–Trinajstić information content (AvgIpc) is 2.87. The van der Waals surface area contributed by atoms with Crippen LogP contribution in [-0.4, -0.2) is 41.8 Å². The molecule has 0 saturated heterocycles. The van der Waals surface area contributed by atoms with Crippen LogP contribution in [0, 0.1) is 13.8 Å². The zero-order chi connectivity index (χ0) is 20.2. The number of rotatable bonds is 6. The van der Waals surface area contributed by atoms with Crippen molar-refractivity contribution in [2.24, 2.45) is 0 Å². The Labute approximate surface area is 153 Å². The van der Waals surface area contributed by atoms with Crippen LogP contribution in [0.2, 0.25) is 0 Å². The van der Waals surface area contributed by atoms with Crippen LogP contribution < -0.4 is 10.1 Å². The summed E-state index contributed by atoms with van der Waals surface area (Å²) in [5, 5.41) is 6.27. The first-order valence-electron chi connectivity index (χ1n) is 7.86. The number of aromatic nitrogens is 1. The number of carbonyl (C=O) groups excluding carboxylic acids is 2. The molecule has 2 rings (SSSR count). The summed E-state index contributed by atoms with van der Waals surface area (Å²) in [5.74, 6) is -0.644. The van der Waals surface area contributed by atoms with Gasteiger partial charge in [-0.2, -0.15) is 0 Å². The van der Waals surface area contributed by atoms with Gasteiger partial charge in [0.1, 0.15) is 11.5 Å². The number of ether oxygens (including phenoxy) is 1. The normalized spacial score (nSPS) is 11.2. The van der Waals surface area contributed by atoms with E-state index >= 15 is 0 Å². The molecule has 2 amide bonds. The molecule has 1 N–H and O–H groups in total.